The number of ether oxygens (including phenoxy) is 3. The first-order valence-electron chi connectivity index (χ1n) is 19.7. The standard InChI is InChI=1S/C19H24N6O2.C13H19N3O2.C11H13N3O2/c1-27-18-9-6-14(7-10-18)5-8-17(26)13-25-12-16(23-24-25)4-2-3-15-11-21-19(20)22-15;1-5-6-7-8-10-9-16(11(14)15-10)12(17)18-13(2,3)4;1-16-11-6-3-9(4-7-11)2-5-10(15)8-13-14-12/h6-7,9-12H,2-5,8,13H2,1H3,(H3,20,21,22);1,9H,6-8H2,2-4H3,(H2,14,15);3-4,6-7H,2,5,8H2,1H3. The zero-order valence-electron chi connectivity index (χ0n) is 35.5. The molecule has 0 unspecified atom stereocenters. The number of ketones is 2. The molecular weight excluding hydrogens is 781 g/mol. The number of Topliss-reactive ketones (excluding diaryl/α,β-unsaturated/α-hetero) is 2. The van der Waals surface area contributed by atoms with E-state index in [1.165, 1.54) is 4.57 Å². The summed E-state index contributed by atoms with van der Waals surface area (Å²) in [6, 6.07) is 15.3. The van der Waals surface area contributed by atoms with E-state index in [1.54, 1.807) is 52.1 Å². The lowest BCUT2D eigenvalue weighted by molar-refractivity contribution is -0.120. The number of hydrogen-bond donors (Lipinski definition) is 3. The van der Waals surface area contributed by atoms with Crippen molar-refractivity contribution < 1.29 is 28.6 Å². The largest absolute Gasteiger partial charge is 0.497 e. The van der Waals surface area contributed by atoms with Gasteiger partial charge in [-0.3, -0.25) is 9.59 Å². The first-order chi connectivity index (χ1) is 29.2. The fraction of sp³-hybridized carbons (Fsp3) is 0.419. The van der Waals surface area contributed by atoms with Crippen LogP contribution in [0.4, 0.5) is 16.7 Å². The van der Waals surface area contributed by atoms with Gasteiger partial charge in [0.25, 0.3) is 0 Å². The number of nitrogens with one attached hydrogen (secondary N) is 1. The number of carbonyl (C=O) groups is 3. The number of H-pyrrole nitrogens is 1. The number of aromatic nitrogens is 7. The van der Waals surface area contributed by atoms with Crippen molar-refractivity contribution >= 4 is 29.6 Å². The molecule has 5 N–H and O–H groups in total. The van der Waals surface area contributed by atoms with Crippen LogP contribution < -0.4 is 20.9 Å². The first-order valence-corrected chi connectivity index (χ1v) is 19.7. The molecular formula is C43H56N12O6. The number of nitrogen functional groups attached to an aromatic ring is 2. The van der Waals surface area contributed by atoms with Gasteiger partial charge in [-0.2, -0.15) is 0 Å². The quantitative estimate of drug-likeness (QED) is 0.0259. The molecule has 3 heterocycles. The number of benzene rings is 2. The average molecular weight is 837 g/mol. The number of nitrogens with two attached hydrogens (primary N) is 2. The van der Waals surface area contributed by atoms with Crippen LogP contribution in [0.3, 0.4) is 0 Å². The van der Waals surface area contributed by atoms with E-state index in [9.17, 15) is 14.4 Å². The fourth-order valence-electron chi connectivity index (χ4n) is 5.49. The lowest BCUT2D eigenvalue weighted by atomic mass is 10.1. The van der Waals surface area contributed by atoms with Gasteiger partial charge < -0.3 is 30.7 Å². The minimum atomic E-state index is -0.558. The first kappa shape index (κ1) is 48.3. The summed E-state index contributed by atoms with van der Waals surface area (Å²) in [5.41, 5.74) is 23.5. The van der Waals surface area contributed by atoms with E-state index in [2.05, 4.69) is 41.2 Å². The minimum Gasteiger partial charge on any atom is -0.497 e. The summed E-state index contributed by atoms with van der Waals surface area (Å²) in [7, 11) is 3.25. The maximum absolute atomic E-state index is 12.2. The smallest absolute Gasteiger partial charge is 0.421 e. The van der Waals surface area contributed by atoms with E-state index in [0.29, 0.717) is 44.5 Å². The predicted octanol–water partition coefficient (Wildman–Crippen LogP) is 6.68. The van der Waals surface area contributed by atoms with Crippen molar-refractivity contribution in [3.63, 3.8) is 0 Å². The molecule has 5 aromatic rings. The van der Waals surface area contributed by atoms with Crippen molar-refractivity contribution in [2.24, 2.45) is 5.11 Å². The number of carbonyl (C=O) groups excluding carboxylic acids is 3. The Kier molecular flexibility index (Phi) is 20.1. The van der Waals surface area contributed by atoms with Gasteiger partial charge in [0.2, 0.25) is 5.95 Å². The van der Waals surface area contributed by atoms with Crippen molar-refractivity contribution in [3.05, 3.63) is 106 Å². The molecule has 18 nitrogen and oxygen atoms in total. The monoisotopic (exact) mass is 836 g/mol. The van der Waals surface area contributed by atoms with Crippen LogP contribution in [0.1, 0.15) is 81.1 Å². The number of anilines is 2. The highest BCUT2D eigenvalue weighted by Crippen LogP contribution is 2.16. The minimum absolute atomic E-state index is 0.0476. The van der Waals surface area contributed by atoms with Crippen LogP contribution >= 0.6 is 0 Å². The van der Waals surface area contributed by atoms with Crippen molar-refractivity contribution in [2.45, 2.75) is 97.1 Å². The Morgan fingerprint density at radius 2 is 1.48 bits per heavy atom. The van der Waals surface area contributed by atoms with Crippen LogP contribution in [0.15, 0.2) is 72.2 Å². The predicted molar refractivity (Wildman–Crippen MR) is 232 cm³/mol. The third-order valence-electron chi connectivity index (χ3n) is 8.59. The number of azide groups is 1. The van der Waals surface area contributed by atoms with Gasteiger partial charge in [-0.05, 0) is 107 Å². The lowest BCUT2D eigenvalue weighted by Gasteiger charge is -2.19. The summed E-state index contributed by atoms with van der Waals surface area (Å²) in [5, 5.41) is 11.4. The van der Waals surface area contributed by atoms with Crippen LogP contribution in [0.5, 0.6) is 11.5 Å². The van der Waals surface area contributed by atoms with Gasteiger partial charge in [0.1, 0.15) is 29.4 Å². The Morgan fingerprint density at radius 1 is 0.869 bits per heavy atom. The number of rotatable bonds is 19. The summed E-state index contributed by atoms with van der Waals surface area (Å²) in [6.45, 7) is 5.58. The maximum Gasteiger partial charge on any atom is 0.421 e. The van der Waals surface area contributed by atoms with Crippen LogP contribution in [-0.2, 0) is 53.0 Å². The third kappa shape index (κ3) is 19.0. The summed E-state index contributed by atoms with van der Waals surface area (Å²) < 4.78 is 18.2. The molecule has 0 bridgehead atoms. The summed E-state index contributed by atoms with van der Waals surface area (Å²) in [6.07, 6.45) is 16.8. The molecule has 0 saturated heterocycles. The van der Waals surface area contributed by atoms with E-state index in [-0.39, 0.29) is 30.6 Å². The van der Waals surface area contributed by atoms with Crippen LogP contribution in [-0.4, -0.2) is 78.5 Å². The number of nitrogens with zero attached hydrogens (tertiary/aromatic N) is 9. The molecule has 324 valence electrons. The van der Waals surface area contributed by atoms with Crippen LogP contribution in [0, 0.1) is 12.3 Å². The highest BCUT2D eigenvalue weighted by Gasteiger charge is 2.20. The molecule has 0 atom stereocenters. The van der Waals surface area contributed by atoms with Gasteiger partial charge in [0.15, 0.2) is 11.7 Å². The maximum atomic E-state index is 12.2. The summed E-state index contributed by atoms with van der Waals surface area (Å²) in [5.74, 6) is 4.83. The van der Waals surface area contributed by atoms with Gasteiger partial charge in [-0.1, -0.05) is 34.6 Å². The SMILES string of the molecule is C#CCCCc1cn(C(=O)OC(C)(C)C)c(N)n1.COc1ccc(CCC(=O)CN=[N+]=[N-])cc1.COc1ccc(CCC(=O)Cn2cc(CCCc3cnc(N)[nH]3)nn2)cc1. The molecule has 5 rings (SSSR count). The summed E-state index contributed by atoms with van der Waals surface area (Å²) in [4.78, 5) is 48.8. The zero-order valence-corrected chi connectivity index (χ0v) is 35.5. The van der Waals surface area contributed by atoms with Crippen molar-refractivity contribution in [1.82, 2.24) is 34.5 Å². The second-order valence-electron chi connectivity index (χ2n) is 14.7. The molecule has 18 heteroatoms. The number of hydrogen-bond acceptors (Lipinski definition) is 13. The molecule has 0 aliphatic carbocycles. The fourth-order valence-corrected chi connectivity index (χ4v) is 5.49. The molecule has 61 heavy (non-hydrogen) atoms. The Hall–Kier alpha value is -7.12. The second kappa shape index (κ2) is 25.4. The third-order valence-corrected chi connectivity index (χ3v) is 8.59. The van der Waals surface area contributed by atoms with Gasteiger partial charge in [-0.25, -0.2) is 24.0 Å². The Labute approximate surface area is 356 Å². The molecule has 0 saturated carbocycles. The number of aryl methyl sites for hydroxylation is 5. The van der Waals surface area contributed by atoms with Gasteiger partial charge in [-0.15, -0.1) is 17.4 Å². The van der Waals surface area contributed by atoms with Crippen molar-refractivity contribution in [3.8, 4) is 23.8 Å². The summed E-state index contributed by atoms with van der Waals surface area (Å²) >= 11 is 0. The Bertz CT molecular complexity index is 2210. The van der Waals surface area contributed by atoms with E-state index in [0.717, 1.165) is 65.4 Å². The molecule has 0 fully saturated rings. The molecule has 0 radical (unpaired) electrons. The molecule has 0 amide bonds. The Morgan fingerprint density at radius 3 is 2.02 bits per heavy atom. The van der Waals surface area contributed by atoms with Gasteiger partial charge >= 0.3 is 6.09 Å². The van der Waals surface area contributed by atoms with E-state index < -0.39 is 11.7 Å². The van der Waals surface area contributed by atoms with E-state index in [1.807, 2.05) is 54.7 Å². The second-order valence-corrected chi connectivity index (χ2v) is 14.7. The van der Waals surface area contributed by atoms with Gasteiger partial charge in [0.05, 0.1) is 38.3 Å². The number of aromatic amines is 1. The van der Waals surface area contributed by atoms with Crippen LogP contribution in [0.2, 0.25) is 0 Å². The highest BCUT2D eigenvalue weighted by molar-refractivity contribution is 5.80. The van der Waals surface area contributed by atoms with Crippen molar-refractivity contribution in [2.75, 3.05) is 32.2 Å². The molecule has 0 aliphatic heterocycles. The number of methoxy groups -OCH3 is 2. The van der Waals surface area contributed by atoms with Crippen LogP contribution in [0.25, 0.3) is 10.4 Å². The molecule has 3 aromatic heterocycles. The molecule has 0 aliphatic rings. The molecule has 0 spiro atoms. The number of unbranched alkanes of at least 4 members (excludes halogenated alkanes) is 1. The van der Waals surface area contributed by atoms with Crippen molar-refractivity contribution in [1.29, 1.82) is 0 Å². The average Bonchev–Trinajstić information content (AvgIpc) is 3.98. The zero-order chi connectivity index (χ0) is 44.6. The normalized spacial score (nSPS) is 10.5. The van der Waals surface area contributed by atoms with Gasteiger partial charge in [0, 0.05) is 42.3 Å². The lowest BCUT2D eigenvalue weighted by Crippen LogP contribution is -2.27. The van der Waals surface area contributed by atoms with E-state index >= 15 is 0 Å². The Balaban J connectivity index is 0.000000256. The topological polar surface area (TPSA) is 257 Å². The number of terminal acetylenes is 1. The van der Waals surface area contributed by atoms with E-state index in [4.69, 9.17) is 37.6 Å². The number of imidazole rings is 2. The highest BCUT2D eigenvalue weighted by atomic mass is 16.6. The molecule has 2 aromatic carbocycles.